The summed E-state index contributed by atoms with van der Waals surface area (Å²) in [6.07, 6.45) is 0. The van der Waals surface area contributed by atoms with E-state index in [1.54, 1.807) is 19.1 Å². The number of hydrogen-bond acceptors (Lipinski definition) is 3. The molecule has 0 aliphatic rings. The van der Waals surface area contributed by atoms with E-state index in [0.717, 1.165) is 5.56 Å². The van der Waals surface area contributed by atoms with Crippen LogP contribution in [0.25, 0.3) is 0 Å². The zero-order chi connectivity index (χ0) is 15.6. The van der Waals surface area contributed by atoms with Crippen LogP contribution in [0.4, 0.5) is 0 Å². The molecule has 0 saturated heterocycles. The third kappa shape index (κ3) is 3.25. The number of nitrogens with one attached hydrogen (secondary N) is 1. The zero-order valence-electron chi connectivity index (χ0n) is 11.6. The molecule has 0 atom stereocenters. The Balaban J connectivity index is 2.09. The van der Waals surface area contributed by atoms with Crippen LogP contribution in [0.2, 0.25) is 5.02 Å². The fraction of sp³-hybridized carbons (Fsp3) is 0.200. The van der Waals surface area contributed by atoms with Crippen LogP contribution in [0.15, 0.2) is 28.7 Å². The zero-order valence-corrected chi connectivity index (χ0v) is 12.3. The second kappa shape index (κ2) is 6.01. The first-order valence-corrected chi connectivity index (χ1v) is 6.64. The van der Waals surface area contributed by atoms with Gasteiger partial charge in [-0.05, 0) is 31.5 Å². The van der Waals surface area contributed by atoms with Crippen molar-refractivity contribution in [3.63, 3.8) is 0 Å². The molecule has 0 aliphatic heterocycles. The lowest BCUT2D eigenvalue weighted by molar-refractivity contribution is 0.0694. The first kappa shape index (κ1) is 15.1. The molecule has 2 N–H and O–H groups in total. The minimum atomic E-state index is -1.06. The Labute approximate surface area is 126 Å². The maximum Gasteiger partial charge on any atom is 0.339 e. The van der Waals surface area contributed by atoms with E-state index < -0.39 is 5.97 Å². The molecule has 0 spiro atoms. The molecule has 110 valence electrons. The minimum Gasteiger partial charge on any atom is -0.478 e. The van der Waals surface area contributed by atoms with Gasteiger partial charge in [-0.1, -0.05) is 23.7 Å². The van der Waals surface area contributed by atoms with E-state index in [1.807, 2.05) is 13.0 Å². The molecule has 2 aromatic rings. The molecule has 0 radical (unpaired) electrons. The van der Waals surface area contributed by atoms with Gasteiger partial charge in [0.25, 0.3) is 5.91 Å². The Hall–Kier alpha value is -2.27. The van der Waals surface area contributed by atoms with Gasteiger partial charge in [-0.3, -0.25) is 4.79 Å². The molecule has 21 heavy (non-hydrogen) atoms. The standard InChI is InChI=1S/C15H14ClNO4/c1-8-4-3-5-11(13(8)16)14(18)17-7-10-6-12(15(19)20)9(2)21-10/h3-6H,7H2,1-2H3,(H,17,18)(H,19,20). The number of rotatable bonds is 4. The highest BCUT2D eigenvalue weighted by atomic mass is 35.5. The van der Waals surface area contributed by atoms with Crippen molar-refractivity contribution in [2.24, 2.45) is 0 Å². The lowest BCUT2D eigenvalue weighted by atomic mass is 10.1. The highest BCUT2D eigenvalue weighted by molar-refractivity contribution is 6.34. The van der Waals surface area contributed by atoms with E-state index in [2.05, 4.69) is 5.32 Å². The number of benzene rings is 1. The van der Waals surface area contributed by atoms with Crippen molar-refractivity contribution in [1.82, 2.24) is 5.32 Å². The second-order valence-corrected chi connectivity index (χ2v) is 4.98. The molecule has 0 aliphatic carbocycles. The molecule has 1 heterocycles. The van der Waals surface area contributed by atoms with E-state index in [-0.39, 0.29) is 18.0 Å². The number of halogens is 1. The molecular weight excluding hydrogens is 294 g/mol. The van der Waals surface area contributed by atoms with Crippen LogP contribution in [0.3, 0.4) is 0 Å². The molecule has 0 fully saturated rings. The van der Waals surface area contributed by atoms with Crippen molar-refractivity contribution in [1.29, 1.82) is 0 Å². The summed E-state index contributed by atoms with van der Waals surface area (Å²) in [6.45, 7) is 3.47. The van der Waals surface area contributed by atoms with Gasteiger partial charge in [-0.2, -0.15) is 0 Å². The van der Waals surface area contributed by atoms with E-state index in [4.69, 9.17) is 21.1 Å². The number of carbonyl (C=O) groups is 2. The average Bonchev–Trinajstić information content (AvgIpc) is 2.80. The second-order valence-electron chi connectivity index (χ2n) is 4.61. The van der Waals surface area contributed by atoms with Crippen LogP contribution in [0, 0.1) is 13.8 Å². The number of aryl methyl sites for hydroxylation is 2. The normalized spacial score (nSPS) is 10.4. The molecule has 5 nitrogen and oxygen atoms in total. The van der Waals surface area contributed by atoms with E-state index >= 15 is 0 Å². The number of hydrogen-bond donors (Lipinski definition) is 2. The molecule has 1 amide bonds. The third-order valence-electron chi connectivity index (χ3n) is 3.06. The summed E-state index contributed by atoms with van der Waals surface area (Å²) in [4.78, 5) is 23.0. The Kier molecular flexibility index (Phi) is 4.33. The van der Waals surface area contributed by atoms with Crippen molar-refractivity contribution in [3.8, 4) is 0 Å². The summed E-state index contributed by atoms with van der Waals surface area (Å²) < 4.78 is 5.29. The predicted octanol–water partition coefficient (Wildman–Crippen LogP) is 3.18. The van der Waals surface area contributed by atoms with E-state index in [9.17, 15) is 9.59 Å². The Morgan fingerprint density at radius 1 is 1.29 bits per heavy atom. The first-order valence-electron chi connectivity index (χ1n) is 6.26. The van der Waals surface area contributed by atoms with Crippen LogP contribution >= 0.6 is 11.6 Å². The van der Waals surface area contributed by atoms with Gasteiger partial charge in [0.2, 0.25) is 0 Å². The summed E-state index contributed by atoms with van der Waals surface area (Å²) >= 11 is 6.08. The molecule has 0 bridgehead atoms. The van der Waals surface area contributed by atoms with Gasteiger partial charge in [-0.25, -0.2) is 4.79 Å². The lowest BCUT2D eigenvalue weighted by Gasteiger charge is -2.07. The van der Waals surface area contributed by atoms with E-state index in [1.165, 1.54) is 6.07 Å². The molecular formula is C15H14ClNO4. The SMILES string of the molecule is Cc1cccc(C(=O)NCc2cc(C(=O)O)c(C)o2)c1Cl. The Morgan fingerprint density at radius 2 is 2.00 bits per heavy atom. The van der Waals surface area contributed by atoms with Crippen molar-refractivity contribution in [2.45, 2.75) is 20.4 Å². The van der Waals surface area contributed by atoms with Gasteiger partial charge in [0.05, 0.1) is 17.1 Å². The maximum atomic E-state index is 12.1. The van der Waals surface area contributed by atoms with Gasteiger partial charge >= 0.3 is 5.97 Å². The molecule has 0 saturated carbocycles. The summed E-state index contributed by atoms with van der Waals surface area (Å²) in [6, 6.07) is 6.58. The van der Waals surface area contributed by atoms with Gasteiger partial charge in [0, 0.05) is 0 Å². The van der Waals surface area contributed by atoms with Crippen LogP contribution in [-0.2, 0) is 6.54 Å². The minimum absolute atomic E-state index is 0.0906. The third-order valence-corrected chi connectivity index (χ3v) is 3.56. The van der Waals surface area contributed by atoms with Crippen LogP contribution in [-0.4, -0.2) is 17.0 Å². The highest BCUT2D eigenvalue weighted by Gasteiger charge is 2.15. The summed E-state index contributed by atoms with van der Waals surface area (Å²) in [5, 5.41) is 12.0. The number of carboxylic acid groups (broad SMARTS) is 1. The summed E-state index contributed by atoms with van der Waals surface area (Å²) in [7, 11) is 0. The number of furan rings is 1. The molecule has 6 heteroatoms. The Morgan fingerprint density at radius 3 is 2.62 bits per heavy atom. The fourth-order valence-corrected chi connectivity index (χ4v) is 2.14. The Bertz CT molecular complexity index is 706. The number of aromatic carboxylic acids is 1. The highest BCUT2D eigenvalue weighted by Crippen LogP contribution is 2.20. The summed E-state index contributed by atoms with van der Waals surface area (Å²) in [5.74, 6) is -0.715. The average molecular weight is 308 g/mol. The van der Waals surface area contributed by atoms with Crippen LogP contribution in [0.1, 0.15) is 37.8 Å². The smallest absolute Gasteiger partial charge is 0.339 e. The van der Waals surface area contributed by atoms with Crippen molar-refractivity contribution < 1.29 is 19.1 Å². The van der Waals surface area contributed by atoms with Crippen molar-refractivity contribution in [2.75, 3.05) is 0 Å². The molecule has 0 unspecified atom stereocenters. The lowest BCUT2D eigenvalue weighted by Crippen LogP contribution is -2.23. The van der Waals surface area contributed by atoms with Crippen LogP contribution in [0.5, 0.6) is 0 Å². The van der Waals surface area contributed by atoms with Crippen molar-refractivity contribution in [3.05, 3.63) is 57.5 Å². The topological polar surface area (TPSA) is 79.5 Å². The van der Waals surface area contributed by atoms with Crippen LogP contribution < -0.4 is 5.32 Å². The maximum absolute atomic E-state index is 12.1. The summed E-state index contributed by atoms with van der Waals surface area (Å²) in [5.41, 5.74) is 1.28. The first-order chi connectivity index (χ1) is 9.90. The quantitative estimate of drug-likeness (QED) is 0.909. The monoisotopic (exact) mass is 307 g/mol. The molecule has 1 aromatic heterocycles. The van der Waals surface area contributed by atoms with E-state index in [0.29, 0.717) is 22.1 Å². The van der Waals surface area contributed by atoms with Gasteiger partial charge in [0.15, 0.2) is 0 Å². The van der Waals surface area contributed by atoms with Crippen molar-refractivity contribution >= 4 is 23.5 Å². The van der Waals surface area contributed by atoms with Gasteiger partial charge in [-0.15, -0.1) is 0 Å². The molecule has 1 aromatic carbocycles. The number of amides is 1. The number of carboxylic acids is 1. The van der Waals surface area contributed by atoms with Gasteiger partial charge in [0.1, 0.15) is 17.1 Å². The van der Waals surface area contributed by atoms with Gasteiger partial charge < -0.3 is 14.8 Å². The number of carbonyl (C=O) groups excluding carboxylic acids is 1. The predicted molar refractivity (Wildman–Crippen MR) is 77.8 cm³/mol. The molecule has 2 rings (SSSR count). The largest absolute Gasteiger partial charge is 0.478 e. The fourth-order valence-electron chi connectivity index (χ4n) is 1.93.